The van der Waals surface area contributed by atoms with E-state index in [2.05, 4.69) is 36.6 Å². The normalized spacial score (nSPS) is 37.4. The van der Waals surface area contributed by atoms with Crippen LogP contribution >= 0.6 is 0 Å². The minimum absolute atomic E-state index is 0.00942. The van der Waals surface area contributed by atoms with Crippen molar-refractivity contribution in [3.8, 4) is 0 Å². The van der Waals surface area contributed by atoms with Gasteiger partial charge in [0.15, 0.2) is 5.79 Å². The van der Waals surface area contributed by atoms with Crippen LogP contribution in [-0.4, -0.2) is 148 Å². The molecule has 6 heterocycles. The Balaban J connectivity index is 0.000000271. The van der Waals surface area contributed by atoms with E-state index in [4.69, 9.17) is 43.0 Å². The maximum atomic E-state index is 12.3. The van der Waals surface area contributed by atoms with Crippen molar-refractivity contribution in [2.45, 2.75) is 218 Å². The predicted octanol–water partition coefficient (Wildman–Crippen LogP) is 5.79. The van der Waals surface area contributed by atoms with Crippen LogP contribution in [0.3, 0.4) is 0 Å². The zero-order valence-electron chi connectivity index (χ0n) is 44.6. The Morgan fingerprint density at radius 1 is 0.712 bits per heavy atom. The molecule has 0 radical (unpaired) electrons. The minimum Gasteiger partial charge on any atom is -0.481 e. The summed E-state index contributed by atoms with van der Waals surface area (Å²) < 4.78 is 45.1. The number of allylic oxidation sites excluding steroid dienone is 4. The van der Waals surface area contributed by atoms with Gasteiger partial charge in [0.2, 0.25) is 11.8 Å². The van der Waals surface area contributed by atoms with Gasteiger partial charge in [0, 0.05) is 45.3 Å². The zero-order chi connectivity index (χ0) is 53.8. The molecule has 73 heavy (non-hydrogen) atoms. The molecule has 0 saturated carbocycles. The van der Waals surface area contributed by atoms with Gasteiger partial charge in [-0.15, -0.1) is 0 Å². The van der Waals surface area contributed by atoms with Crippen molar-refractivity contribution in [1.82, 2.24) is 10.6 Å². The molecule has 17 unspecified atom stereocenters. The van der Waals surface area contributed by atoms with Gasteiger partial charge in [-0.25, -0.2) is 0 Å². The van der Waals surface area contributed by atoms with Gasteiger partial charge in [-0.05, 0) is 98.1 Å². The first-order chi connectivity index (χ1) is 34.2. The van der Waals surface area contributed by atoms with Crippen LogP contribution in [0.2, 0.25) is 0 Å². The molecule has 0 bridgehead atoms. The van der Waals surface area contributed by atoms with E-state index >= 15 is 0 Å². The molecule has 6 rings (SSSR count). The molecule has 18 heteroatoms. The number of ether oxygens (including phenoxy) is 8. The standard InChI is InChI=1S/C28H41NO8.C27H41NO8/c1-17(6-9-22-14-28(16-34-28)15-23(37-22)13-27(32)33)7-10-25-18(2)12-24(20(4)36-25)29-26(31)11-8-19(3)35-21(5)30;1-16(8-11-23-25(31)27(15-33-27)14-26(6,32)36-23)7-10-22-17(2)13-21(19(4)35-22)28-24(30)12-9-18(3)34-20(5)29/h6-9,11,18-20,22-25H,10,12-16H2,1-5H3,(H,29,31)(H,32,33);7-9,11-12,17-19,21-23,25,31-32H,10,13-15H2,1-6H3,(H,28,30)/b9-6+,11-8-,17-7+;11-8+,12-9-,16-7+. The summed E-state index contributed by atoms with van der Waals surface area (Å²) in [6.45, 7) is 20.9. The largest absolute Gasteiger partial charge is 0.481 e. The molecule has 6 aliphatic rings. The van der Waals surface area contributed by atoms with E-state index in [1.807, 2.05) is 45.9 Å². The van der Waals surface area contributed by atoms with Crippen molar-refractivity contribution >= 4 is 29.7 Å². The lowest BCUT2D eigenvalue weighted by molar-refractivity contribution is -0.272. The molecule has 6 saturated heterocycles. The topological polar surface area (TPSA) is 251 Å². The van der Waals surface area contributed by atoms with Gasteiger partial charge in [0.25, 0.3) is 0 Å². The Hall–Kier alpha value is -4.53. The van der Waals surface area contributed by atoms with Crippen LogP contribution in [0.1, 0.15) is 128 Å². The van der Waals surface area contributed by atoms with Gasteiger partial charge in [0.05, 0.1) is 73.9 Å². The Morgan fingerprint density at radius 2 is 1.19 bits per heavy atom. The number of aliphatic carboxylic acids is 1. The lowest BCUT2D eigenvalue weighted by atomic mass is 9.87. The number of hydrogen-bond donors (Lipinski definition) is 5. The van der Waals surface area contributed by atoms with E-state index < -0.39 is 47.7 Å². The van der Waals surface area contributed by atoms with Crippen molar-refractivity contribution in [1.29, 1.82) is 0 Å². The molecule has 17 atom stereocenters. The molecule has 6 fully saturated rings. The molecular formula is C55H82N2O16. The van der Waals surface area contributed by atoms with E-state index in [9.17, 15) is 34.2 Å². The number of hydrogen-bond acceptors (Lipinski definition) is 15. The number of aliphatic hydroxyl groups is 2. The summed E-state index contributed by atoms with van der Waals surface area (Å²) in [5.41, 5.74) is 1.15. The maximum absolute atomic E-state index is 12.3. The average molecular weight is 1030 g/mol. The molecular weight excluding hydrogens is 945 g/mol. The summed E-state index contributed by atoms with van der Waals surface area (Å²) in [5, 5.41) is 36.1. The number of amides is 2. The minimum atomic E-state index is -1.34. The fraction of sp³-hybridized carbons (Fsp3) is 0.691. The lowest BCUT2D eigenvalue weighted by Gasteiger charge is -2.40. The van der Waals surface area contributed by atoms with Crippen LogP contribution in [0, 0.1) is 11.8 Å². The van der Waals surface area contributed by atoms with Crippen molar-refractivity contribution < 1.29 is 77.2 Å². The lowest BCUT2D eigenvalue weighted by Crippen LogP contribution is -2.54. The monoisotopic (exact) mass is 1030 g/mol. The molecule has 0 aromatic carbocycles. The smallest absolute Gasteiger partial charge is 0.305 e. The van der Waals surface area contributed by atoms with Gasteiger partial charge in [-0.1, -0.05) is 61.4 Å². The van der Waals surface area contributed by atoms with Crippen LogP contribution in [0.5, 0.6) is 0 Å². The molecule has 18 nitrogen and oxygen atoms in total. The Labute approximate surface area is 430 Å². The van der Waals surface area contributed by atoms with Crippen LogP contribution in [0.25, 0.3) is 0 Å². The van der Waals surface area contributed by atoms with Crippen LogP contribution in [0.4, 0.5) is 0 Å². The summed E-state index contributed by atoms with van der Waals surface area (Å²) in [6, 6.07) is -0.214. The Bertz CT molecular complexity index is 2100. The third-order valence-electron chi connectivity index (χ3n) is 14.2. The number of carboxylic acids is 1. The second-order valence-electron chi connectivity index (χ2n) is 21.4. The second kappa shape index (κ2) is 26.3. The van der Waals surface area contributed by atoms with Crippen molar-refractivity contribution in [2.24, 2.45) is 11.8 Å². The molecule has 0 aliphatic carbocycles. The van der Waals surface area contributed by atoms with Crippen molar-refractivity contribution in [2.75, 3.05) is 13.2 Å². The third-order valence-corrected chi connectivity index (χ3v) is 14.2. The number of esters is 2. The number of aliphatic hydroxyl groups excluding tert-OH is 1. The average Bonchev–Trinajstić information content (AvgIpc) is 4.23. The number of nitrogens with one attached hydrogen (secondary N) is 2. The number of epoxide rings is 2. The van der Waals surface area contributed by atoms with Gasteiger partial charge >= 0.3 is 17.9 Å². The van der Waals surface area contributed by atoms with E-state index in [1.165, 1.54) is 26.0 Å². The fourth-order valence-corrected chi connectivity index (χ4v) is 10.0. The van der Waals surface area contributed by atoms with Crippen LogP contribution < -0.4 is 10.6 Å². The van der Waals surface area contributed by atoms with Crippen LogP contribution in [0.15, 0.2) is 71.9 Å². The first-order valence-corrected chi connectivity index (χ1v) is 25.8. The van der Waals surface area contributed by atoms with Gasteiger partial charge in [-0.3, -0.25) is 24.0 Å². The number of carbonyl (C=O) groups is 5. The molecule has 0 aromatic heterocycles. The highest BCUT2D eigenvalue weighted by Crippen LogP contribution is 2.46. The van der Waals surface area contributed by atoms with E-state index in [0.29, 0.717) is 26.1 Å². The Morgan fingerprint density at radius 3 is 1.63 bits per heavy atom. The van der Waals surface area contributed by atoms with E-state index in [1.54, 1.807) is 39.0 Å². The summed E-state index contributed by atoms with van der Waals surface area (Å²) >= 11 is 0. The van der Waals surface area contributed by atoms with Gasteiger partial charge in [0.1, 0.15) is 30.0 Å². The first kappa shape index (κ1) is 59.3. The highest BCUT2D eigenvalue weighted by molar-refractivity contribution is 5.88. The quantitative estimate of drug-likeness (QED) is 0.0472. The number of rotatable bonds is 18. The molecule has 2 amide bonds. The maximum Gasteiger partial charge on any atom is 0.305 e. The van der Waals surface area contributed by atoms with Crippen LogP contribution in [-0.2, 0) is 61.9 Å². The number of carbonyl (C=O) groups excluding carboxylic acids is 4. The molecule has 6 aliphatic heterocycles. The van der Waals surface area contributed by atoms with Gasteiger partial charge in [-0.2, -0.15) is 0 Å². The molecule has 0 aromatic rings. The third kappa shape index (κ3) is 19.3. The zero-order valence-corrected chi connectivity index (χ0v) is 44.6. The highest BCUT2D eigenvalue weighted by Gasteiger charge is 2.61. The summed E-state index contributed by atoms with van der Waals surface area (Å²) in [6.07, 6.45) is 19.3. The van der Waals surface area contributed by atoms with E-state index in [-0.39, 0.29) is 96.8 Å². The SMILES string of the molecule is CC(=O)OC(C)/C=C\C(=O)NC1CC(C)C(C/C=C(C)/C=C/C2CC3(CO3)CC(CC(=O)O)O2)OC1C.CC(=O)OC(C)/C=C\C(=O)NC1CC(C)C(C/C=C(C)/C=C/C2OC(C)(O)CC3(CO3)C2O)OC1C. The predicted molar refractivity (Wildman–Crippen MR) is 269 cm³/mol. The summed E-state index contributed by atoms with van der Waals surface area (Å²) in [7, 11) is 0. The van der Waals surface area contributed by atoms with Crippen molar-refractivity contribution in [3.05, 3.63) is 71.9 Å². The molecule has 5 N–H and O–H groups in total. The van der Waals surface area contributed by atoms with Crippen molar-refractivity contribution in [3.63, 3.8) is 0 Å². The fourth-order valence-electron chi connectivity index (χ4n) is 10.0. The van der Waals surface area contributed by atoms with Gasteiger partial charge < -0.3 is 63.8 Å². The summed E-state index contributed by atoms with van der Waals surface area (Å²) in [5.74, 6) is -2.98. The Kier molecular flexibility index (Phi) is 21.4. The number of carboxylic acid groups (broad SMARTS) is 1. The molecule has 408 valence electrons. The summed E-state index contributed by atoms with van der Waals surface area (Å²) in [4.78, 5) is 57.7. The first-order valence-electron chi connectivity index (χ1n) is 25.8. The second-order valence-corrected chi connectivity index (χ2v) is 21.4. The molecule has 2 spiro atoms. The highest BCUT2D eigenvalue weighted by atomic mass is 16.7. The van der Waals surface area contributed by atoms with E-state index in [0.717, 1.165) is 36.8 Å².